The van der Waals surface area contributed by atoms with Crippen molar-refractivity contribution in [3.8, 4) is 0 Å². The van der Waals surface area contributed by atoms with Gasteiger partial charge in [0.15, 0.2) is 5.65 Å². The molecule has 118 valence electrons. The van der Waals surface area contributed by atoms with Crippen LogP contribution in [0.4, 0.5) is 19.3 Å². The Labute approximate surface area is 130 Å². The van der Waals surface area contributed by atoms with Crippen LogP contribution in [0.1, 0.15) is 5.82 Å². The molecule has 1 aromatic carbocycles. The Balaban J connectivity index is 1.55. The summed E-state index contributed by atoms with van der Waals surface area (Å²) in [6.07, 6.45) is 2.29. The maximum absolute atomic E-state index is 13.4. The van der Waals surface area contributed by atoms with Gasteiger partial charge in [-0.15, -0.1) is 10.2 Å². The first-order valence-electron chi connectivity index (χ1n) is 6.92. The molecular weight excluding hydrogens is 304 g/mol. The van der Waals surface area contributed by atoms with Gasteiger partial charge in [0.05, 0.1) is 5.69 Å². The maximum atomic E-state index is 13.4. The van der Waals surface area contributed by atoms with Crippen LogP contribution in [-0.2, 0) is 6.42 Å². The van der Waals surface area contributed by atoms with Gasteiger partial charge in [0, 0.05) is 25.2 Å². The third-order valence-corrected chi connectivity index (χ3v) is 3.20. The van der Waals surface area contributed by atoms with Crippen LogP contribution in [0.25, 0.3) is 5.65 Å². The van der Waals surface area contributed by atoms with E-state index < -0.39 is 17.7 Å². The number of carbonyl (C=O) groups excluding carboxylic acids is 1. The number of anilines is 1. The summed E-state index contributed by atoms with van der Waals surface area (Å²) in [6.45, 7) is 0.296. The highest BCUT2D eigenvalue weighted by Crippen LogP contribution is 2.14. The van der Waals surface area contributed by atoms with E-state index in [2.05, 4.69) is 20.8 Å². The molecule has 8 heteroatoms. The van der Waals surface area contributed by atoms with E-state index >= 15 is 0 Å². The quantitative estimate of drug-likeness (QED) is 0.776. The van der Waals surface area contributed by atoms with Crippen LogP contribution in [0.5, 0.6) is 0 Å². The zero-order valence-corrected chi connectivity index (χ0v) is 12.0. The van der Waals surface area contributed by atoms with Gasteiger partial charge in [-0.1, -0.05) is 6.07 Å². The predicted octanol–water partition coefficient (Wildman–Crippen LogP) is 2.37. The Bertz CT molecular complexity index is 849. The van der Waals surface area contributed by atoms with Gasteiger partial charge in [-0.3, -0.25) is 4.40 Å². The van der Waals surface area contributed by atoms with E-state index in [0.717, 1.165) is 17.8 Å². The molecule has 0 fully saturated rings. The summed E-state index contributed by atoms with van der Waals surface area (Å²) >= 11 is 0. The van der Waals surface area contributed by atoms with Crippen molar-refractivity contribution < 1.29 is 13.6 Å². The average molecular weight is 317 g/mol. The van der Waals surface area contributed by atoms with Gasteiger partial charge in [0.25, 0.3) is 0 Å². The molecular formula is C15H13F2N5O. The van der Waals surface area contributed by atoms with Crippen LogP contribution in [-0.4, -0.2) is 27.2 Å². The predicted molar refractivity (Wildman–Crippen MR) is 80.1 cm³/mol. The van der Waals surface area contributed by atoms with E-state index in [1.54, 1.807) is 0 Å². The molecule has 2 heterocycles. The first-order valence-corrected chi connectivity index (χ1v) is 6.92. The summed E-state index contributed by atoms with van der Waals surface area (Å²) in [5.74, 6) is -0.829. The molecule has 6 nitrogen and oxygen atoms in total. The number of hydrogen-bond donors (Lipinski definition) is 2. The minimum absolute atomic E-state index is 0.0863. The number of benzene rings is 1. The van der Waals surface area contributed by atoms with Gasteiger partial charge < -0.3 is 10.6 Å². The molecule has 0 aliphatic heterocycles. The zero-order chi connectivity index (χ0) is 16.2. The number of halogens is 2. The summed E-state index contributed by atoms with van der Waals surface area (Å²) in [5, 5.41) is 12.9. The normalized spacial score (nSPS) is 10.7. The van der Waals surface area contributed by atoms with E-state index in [9.17, 15) is 13.6 Å². The van der Waals surface area contributed by atoms with Crippen LogP contribution < -0.4 is 10.6 Å². The summed E-state index contributed by atoms with van der Waals surface area (Å²) in [7, 11) is 0. The molecule has 0 bridgehead atoms. The summed E-state index contributed by atoms with van der Waals surface area (Å²) in [4.78, 5) is 11.7. The lowest BCUT2D eigenvalue weighted by Crippen LogP contribution is -2.31. The van der Waals surface area contributed by atoms with Crippen molar-refractivity contribution in [2.24, 2.45) is 0 Å². The fourth-order valence-electron chi connectivity index (χ4n) is 2.11. The highest BCUT2D eigenvalue weighted by molar-refractivity contribution is 5.89. The summed E-state index contributed by atoms with van der Waals surface area (Å²) in [6, 6.07) is 7.90. The van der Waals surface area contributed by atoms with Crippen LogP contribution in [0.3, 0.4) is 0 Å². The van der Waals surface area contributed by atoms with Crippen LogP contribution in [0.2, 0.25) is 0 Å². The Morgan fingerprint density at radius 2 is 2.04 bits per heavy atom. The lowest BCUT2D eigenvalue weighted by molar-refractivity contribution is 0.252. The largest absolute Gasteiger partial charge is 0.337 e. The average Bonchev–Trinajstić information content (AvgIpc) is 2.94. The lowest BCUT2D eigenvalue weighted by Gasteiger charge is -2.08. The molecule has 0 radical (unpaired) electrons. The van der Waals surface area contributed by atoms with Crippen LogP contribution in [0.15, 0.2) is 42.6 Å². The minimum Gasteiger partial charge on any atom is -0.337 e. The van der Waals surface area contributed by atoms with E-state index in [1.807, 2.05) is 28.8 Å². The van der Waals surface area contributed by atoms with Crippen molar-refractivity contribution in [2.45, 2.75) is 6.42 Å². The standard InChI is InChI=1S/C15H13F2N5O/c16-10-4-5-12(11(17)9-10)19-15(23)18-7-6-14-21-20-13-3-1-2-8-22(13)14/h1-5,8-9H,6-7H2,(H2,18,19,23). The lowest BCUT2D eigenvalue weighted by atomic mass is 10.3. The molecule has 2 N–H and O–H groups in total. The number of urea groups is 1. The zero-order valence-electron chi connectivity index (χ0n) is 12.0. The van der Waals surface area contributed by atoms with Crippen molar-refractivity contribution in [2.75, 3.05) is 11.9 Å². The molecule has 3 aromatic rings. The Hall–Kier alpha value is -3.03. The van der Waals surface area contributed by atoms with E-state index in [-0.39, 0.29) is 5.69 Å². The smallest absolute Gasteiger partial charge is 0.319 e. The van der Waals surface area contributed by atoms with Crippen molar-refractivity contribution >= 4 is 17.4 Å². The van der Waals surface area contributed by atoms with E-state index in [4.69, 9.17) is 0 Å². The Kier molecular flexibility index (Phi) is 4.13. The first-order chi connectivity index (χ1) is 11.1. The Morgan fingerprint density at radius 3 is 2.87 bits per heavy atom. The van der Waals surface area contributed by atoms with Gasteiger partial charge >= 0.3 is 6.03 Å². The fraction of sp³-hybridized carbons (Fsp3) is 0.133. The number of aromatic nitrogens is 3. The van der Waals surface area contributed by atoms with Gasteiger partial charge in [0.1, 0.15) is 17.5 Å². The van der Waals surface area contributed by atoms with E-state index in [0.29, 0.717) is 24.9 Å². The Morgan fingerprint density at radius 1 is 1.17 bits per heavy atom. The molecule has 0 atom stereocenters. The number of pyridine rings is 1. The fourth-order valence-corrected chi connectivity index (χ4v) is 2.11. The van der Waals surface area contributed by atoms with Gasteiger partial charge in [-0.25, -0.2) is 13.6 Å². The maximum Gasteiger partial charge on any atom is 0.319 e. The second-order valence-electron chi connectivity index (χ2n) is 4.80. The number of nitrogens with zero attached hydrogens (tertiary/aromatic N) is 3. The minimum atomic E-state index is -0.830. The number of rotatable bonds is 4. The summed E-state index contributed by atoms with van der Waals surface area (Å²) in [5.41, 5.74) is 0.636. The number of hydrogen-bond acceptors (Lipinski definition) is 3. The van der Waals surface area contributed by atoms with Crippen molar-refractivity contribution in [3.63, 3.8) is 0 Å². The SMILES string of the molecule is O=C(NCCc1nnc2ccccn12)Nc1ccc(F)cc1F. The van der Waals surface area contributed by atoms with Gasteiger partial charge in [-0.2, -0.15) is 0 Å². The molecule has 0 aliphatic rings. The molecule has 2 amide bonds. The van der Waals surface area contributed by atoms with Crippen molar-refractivity contribution in [1.29, 1.82) is 0 Å². The molecule has 0 saturated carbocycles. The molecule has 0 aliphatic carbocycles. The third-order valence-electron chi connectivity index (χ3n) is 3.20. The van der Waals surface area contributed by atoms with Crippen molar-refractivity contribution in [3.05, 3.63) is 60.1 Å². The highest BCUT2D eigenvalue weighted by Gasteiger charge is 2.09. The second kappa shape index (κ2) is 6.39. The van der Waals surface area contributed by atoms with Crippen molar-refractivity contribution in [1.82, 2.24) is 19.9 Å². The number of carbonyl (C=O) groups is 1. The number of amides is 2. The van der Waals surface area contributed by atoms with Gasteiger partial charge in [-0.05, 0) is 24.3 Å². The van der Waals surface area contributed by atoms with Crippen LogP contribution >= 0.6 is 0 Å². The molecule has 3 rings (SSSR count). The molecule has 23 heavy (non-hydrogen) atoms. The van der Waals surface area contributed by atoms with E-state index in [1.165, 1.54) is 0 Å². The monoisotopic (exact) mass is 317 g/mol. The second-order valence-corrected chi connectivity index (χ2v) is 4.80. The first kappa shape index (κ1) is 14.9. The third kappa shape index (κ3) is 3.42. The topological polar surface area (TPSA) is 71.3 Å². The molecule has 0 spiro atoms. The summed E-state index contributed by atoms with van der Waals surface area (Å²) < 4.78 is 28.0. The molecule has 0 saturated heterocycles. The number of fused-ring (bicyclic) bond motifs is 1. The van der Waals surface area contributed by atoms with Gasteiger partial charge in [0.2, 0.25) is 0 Å². The van der Waals surface area contributed by atoms with Crippen LogP contribution in [0, 0.1) is 11.6 Å². The number of nitrogens with one attached hydrogen (secondary N) is 2. The molecule has 2 aromatic heterocycles. The molecule has 0 unspecified atom stereocenters. The highest BCUT2D eigenvalue weighted by atomic mass is 19.1.